The van der Waals surface area contributed by atoms with Crippen LogP contribution in [0.25, 0.3) is 0 Å². The Hall–Kier alpha value is -1.90. The van der Waals surface area contributed by atoms with Gasteiger partial charge in [0.05, 0.1) is 0 Å². The van der Waals surface area contributed by atoms with E-state index in [0.717, 1.165) is 60.4 Å². The van der Waals surface area contributed by atoms with Crippen molar-refractivity contribution in [3.8, 4) is 0 Å². The van der Waals surface area contributed by atoms with Gasteiger partial charge in [0.1, 0.15) is 0 Å². The van der Waals surface area contributed by atoms with Gasteiger partial charge in [-0.15, -0.1) is 0 Å². The fraction of sp³-hybridized carbons (Fsp3) is 0.500. The van der Waals surface area contributed by atoms with Crippen molar-refractivity contribution in [1.82, 2.24) is 0 Å². The van der Waals surface area contributed by atoms with Gasteiger partial charge in [-0.25, -0.2) is 0 Å². The van der Waals surface area contributed by atoms with Crippen LogP contribution in [0, 0.1) is 13.8 Å². The number of carbonyl (C=O) groups excluding carboxylic acids is 2. The van der Waals surface area contributed by atoms with Gasteiger partial charge < -0.3 is 0 Å². The zero-order valence-corrected chi connectivity index (χ0v) is 22.7. The zero-order valence-electron chi connectivity index (χ0n) is 21.0. The number of rotatable bonds is 9. The molecule has 0 aliphatic carbocycles. The number of halogens is 1. The summed E-state index contributed by atoms with van der Waals surface area (Å²) in [6.45, 7) is 5.93. The molecule has 1 aliphatic rings. The van der Waals surface area contributed by atoms with Crippen LogP contribution in [0.5, 0.6) is 0 Å². The molecule has 0 aromatic heterocycles. The summed E-state index contributed by atoms with van der Waals surface area (Å²) in [6, 6.07) is 13.5. The molecule has 0 bridgehead atoms. The summed E-state index contributed by atoms with van der Waals surface area (Å²) in [5.74, 6) is -0.119. The first-order valence-corrected chi connectivity index (χ1v) is 16.1. The van der Waals surface area contributed by atoms with Crippen LogP contribution >= 0.6 is 18.2 Å². The van der Waals surface area contributed by atoms with Crippen LogP contribution in [-0.4, -0.2) is 42.7 Å². The van der Waals surface area contributed by atoms with Gasteiger partial charge in [0.15, 0.2) is 0 Å². The summed E-state index contributed by atoms with van der Waals surface area (Å²) < 4.78 is 5.75. The first-order chi connectivity index (χ1) is 16.1. The molecule has 0 spiro atoms. The van der Waals surface area contributed by atoms with Crippen molar-refractivity contribution in [1.29, 1.82) is 0 Å². The van der Waals surface area contributed by atoms with E-state index in [1.165, 1.54) is 6.42 Å². The quantitative estimate of drug-likeness (QED) is 0.291. The van der Waals surface area contributed by atoms with Gasteiger partial charge in [-0.2, -0.15) is 0 Å². The van der Waals surface area contributed by atoms with Crippen molar-refractivity contribution in [3.63, 3.8) is 0 Å². The normalized spacial score (nSPS) is 18.8. The number of ether oxygens (including phenoxy) is 1. The van der Waals surface area contributed by atoms with E-state index in [2.05, 4.69) is 18.9 Å². The minimum atomic E-state index is -2.71. The molecule has 4 nitrogen and oxygen atoms in total. The molecule has 34 heavy (non-hydrogen) atoms. The Kier molecular flexibility index (Phi) is 8.82. The third-order valence-electron chi connectivity index (χ3n) is 7.58. The van der Waals surface area contributed by atoms with Gasteiger partial charge in [0, 0.05) is 0 Å². The number of benzene rings is 2. The fourth-order valence-corrected chi connectivity index (χ4v) is 12.5. The van der Waals surface area contributed by atoms with Gasteiger partial charge >= 0.3 is 210 Å². The Bertz CT molecular complexity index is 995. The van der Waals surface area contributed by atoms with Gasteiger partial charge in [0.2, 0.25) is 0 Å². The Morgan fingerprint density at radius 3 is 2.26 bits per heavy atom. The van der Waals surface area contributed by atoms with Crippen LogP contribution in [0.15, 0.2) is 42.5 Å². The van der Waals surface area contributed by atoms with E-state index in [-0.39, 0.29) is 24.1 Å². The maximum absolute atomic E-state index is 13.9. The molecular formula is C28H39ClNO3P. The van der Waals surface area contributed by atoms with Crippen LogP contribution in [0.4, 0.5) is 5.69 Å². The third kappa shape index (κ3) is 6.20. The number of aryl methyl sites for hydroxylation is 2. The van der Waals surface area contributed by atoms with Gasteiger partial charge in [-0.3, -0.25) is 0 Å². The van der Waals surface area contributed by atoms with E-state index in [1.807, 2.05) is 56.3 Å². The van der Waals surface area contributed by atoms with E-state index in [1.54, 1.807) is 0 Å². The number of esters is 1. The maximum atomic E-state index is 13.9. The summed E-state index contributed by atoms with van der Waals surface area (Å²) in [5, 5.41) is 3.92. The second-order valence-electron chi connectivity index (χ2n) is 10.4. The molecule has 2 aromatic carbocycles. The zero-order chi connectivity index (χ0) is 24.8. The number of anilines is 1. The van der Waals surface area contributed by atoms with E-state index < -0.39 is 6.60 Å². The minimum absolute atomic E-state index is 0.0494. The number of amides is 1. The van der Waals surface area contributed by atoms with Crippen LogP contribution in [0.2, 0.25) is 5.02 Å². The van der Waals surface area contributed by atoms with Crippen molar-refractivity contribution in [3.05, 3.63) is 64.2 Å². The first kappa shape index (κ1) is 26.7. The monoisotopic (exact) mass is 503 g/mol. The molecule has 0 saturated carbocycles. The van der Waals surface area contributed by atoms with Gasteiger partial charge in [0.25, 0.3) is 0 Å². The number of hydrogen-bond donors (Lipinski definition) is 1. The third-order valence-corrected chi connectivity index (χ3v) is 14.8. The van der Waals surface area contributed by atoms with Crippen LogP contribution < -0.4 is 5.32 Å². The van der Waals surface area contributed by atoms with Crippen molar-refractivity contribution in [2.24, 2.45) is 0 Å². The van der Waals surface area contributed by atoms with E-state index in [9.17, 15) is 9.59 Å². The molecule has 1 amide bonds. The molecule has 0 radical (unpaired) electrons. The molecule has 2 aromatic rings. The number of carbonyl (C=O) groups is 2. The average molecular weight is 504 g/mol. The van der Waals surface area contributed by atoms with Crippen LogP contribution in [-0.2, 0) is 20.9 Å². The number of nitrogens with one attached hydrogen (secondary N) is 1. The van der Waals surface area contributed by atoms with Crippen molar-refractivity contribution < 1.29 is 14.3 Å². The summed E-state index contributed by atoms with van der Waals surface area (Å²) in [7, 11) is 0. The molecule has 1 fully saturated rings. The van der Waals surface area contributed by atoms with Gasteiger partial charge in [-0.05, 0) is 0 Å². The topological polar surface area (TPSA) is 55.4 Å². The van der Waals surface area contributed by atoms with Crippen molar-refractivity contribution in [2.75, 3.05) is 30.5 Å². The molecule has 1 atom stereocenters. The Balaban J connectivity index is 1.87. The second-order valence-corrected chi connectivity index (χ2v) is 17.6. The van der Waals surface area contributed by atoms with Crippen LogP contribution in [0.1, 0.15) is 55.7 Å². The van der Waals surface area contributed by atoms with Crippen molar-refractivity contribution >= 4 is 35.8 Å². The summed E-state index contributed by atoms with van der Waals surface area (Å²) in [4.78, 5) is 27.1. The SMILES string of the molecule is CCCC(C(=O)Nc1c(C)cc(Cl)cc1C)P1(C)(CC(=O)OCc2ccccc2)CCCCC1. The van der Waals surface area contributed by atoms with Crippen LogP contribution in [0.3, 0.4) is 0 Å². The Labute approximate surface area is 209 Å². The standard InChI is InChI=1S/C28H39ClNO3P/c1-5-12-25(28(32)30-27-21(2)17-24(29)18-22(27)3)34(4,15-10-7-11-16-34)20-26(31)33-19-23-13-8-6-9-14-23/h6,8-9,13-14,17-18,25H,5,7,10-12,15-16,19-20H2,1-4H3,(H,30,32). The first-order valence-electron chi connectivity index (χ1n) is 12.4. The average Bonchev–Trinajstić information content (AvgIpc) is 2.79. The van der Waals surface area contributed by atoms with Crippen molar-refractivity contribution in [2.45, 2.75) is 65.1 Å². The summed E-state index contributed by atoms with van der Waals surface area (Å²) in [6.07, 6.45) is 7.35. The molecule has 186 valence electrons. The van der Waals surface area contributed by atoms with E-state index >= 15 is 0 Å². The Morgan fingerprint density at radius 1 is 1.06 bits per heavy atom. The van der Waals surface area contributed by atoms with Gasteiger partial charge in [-0.1, -0.05) is 0 Å². The predicted molar refractivity (Wildman–Crippen MR) is 146 cm³/mol. The summed E-state index contributed by atoms with van der Waals surface area (Å²) >= 11 is 6.21. The molecule has 3 rings (SSSR count). The Morgan fingerprint density at radius 2 is 1.68 bits per heavy atom. The molecule has 1 heterocycles. The predicted octanol–water partition coefficient (Wildman–Crippen LogP) is 7.17. The second kappa shape index (κ2) is 11.2. The molecular weight excluding hydrogens is 465 g/mol. The number of hydrogen-bond acceptors (Lipinski definition) is 3. The van der Waals surface area contributed by atoms with E-state index in [0.29, 0.717) is 11.2 Å². The molecule has 1 aliphatic heterocycles. The molecule has 1 N–H and O–H groups in total. The summed E-state index contributed by atoms with van der Waals surface area (Å²) in [5.41, 5.74) is 3.58. The molecule has 6 heteroatoms. The fourth-order valence-electron chi connectivity index (χ4n) is 5.70. The van der Waals surface area contributed by atoms with E-state index in [4.69, 9.17) is 16.3 Å². The molecule has 1 saturated heterocycles. The molecule has 1 unspecified atom stereocenters.